The van der Waals surface area contributed by atoms with Gasteiger partial charge in [-0.15, -0.1) is 0 Å². The summed E-state index contributed by atoms with van der Waals surface area (Å²) < 4.78 is 13.6. The molecule has 1 aliphatic carbocycles. The zero-order valence-electron chi connectivity index (χ0n) is 15.9. The molecule has 1 spiro atoms. The third-order valence-corrected chi connectivity index (χ3v) is 6.63. The van der Waals surface area contributed by atoms with Gasteiger partial charge >= 0.3 is 0 Å². The maximum Gasteiger partial charge on any atom is 0.222 e. The summed E-state index contributed by atoms with van der Waals surface area (Å²) in [4.78, 5) is 21.7. The fourth-order valence-corrected chi connectivity index (χ4v) is 5.01. The van der Waals surface area contributed by atoms with Crippen LogP contribution in [0, 0.1) is 18.2 Å². The monoisotopic (exact) mass is 367 g/mol. The van der Waals surface area contributed by atoms with Crippen LogP contribution >= 0.6 is 0 Å². The van der Waals surface area contributed by atoms with E-state index in [0.717, 1.165) is 54.8 Å². The number of anilines is 1. The molecule has 4 nitrogen and oxygen atoms in total. The number of rotatable bonds is 2. The quantitative estimate of drug-likeness (QED) is 0.803. The van der Waals surface area contributed by atoms with Crippen molar-refractivity contribution in [1.82, 2.24) is 9.88 Å². The molecule has 1 saturated carbocycles. The molecule has 1 unspecified atom stereocenters. The first-order valence-electron chi connectivity index (χ1n) is 10.1. The summed E-state index contributed by atoms with van der Waals surface area (Å²) in [5.41, 5.74) is 2.11. The Bertz CT molecular complexity index is 910. The molecule has 1 aromatic carbocycles. The third kappa shape index (κ3) is 3.07. The number of carbonyl (C=O) groups excluding carboxylic acids is 1. The summed E-state index contributed by atoms with van der Waals surface area (Å²) in [5.74, 6) is 1.12. The number of aryl methyl sites for hydroxylation is 1. The molecule has 3 heterocycles. The molecule has 0 radical (unpaired) electrons. The number of benzene rings is 1. The van der Waals surface area contributed by atoms with E-state index in [1.807, 2.05) is 6.92 Å². The fourth-order valence-electron chi connectivity index (χ4n) is 5.01. The summed E-state index contributed by atoms with van der Waals surface area (Å²) in [6, 6.07) is 7.42. The van der Waals surface area contributed by atoms with Crippen molar-refractivity contribution < 1.29 is 9.18 Å². The van der Waals surface area contributed by atoms with Crippen LogP contribution in [0.4, 0.5) is 10.2 Å². The Balaban J connectivity index is 1.43. The average molecular weight is 367 g/mol. The predicted molar refractivity (Wildman–Crippen MR) is 104 cm³/mol. The minimum Gasteiger partial charge on any atom is -0.356 e. The van der Waals surface area contributed by atoms with Gasteiger partial charge in [0.25, 0.3) is 0 Å². The maximum atomic E-state index is 13.6. The highest BCUT2D eigenvalue weighted by Crippen LogP contribution is 2.43. The highest BCUT2D eigenvalue weighted by molar-refractivity contribution is 5.84. The second kappa shape index (κ2) is 6.18. The van der Waals surface area contributed by atoms with Crippen molar-refractivity contribution in [1.29, 1.82) is 0 Å². The van der Waals surface area contributed by atoms with E-state index in [-0.39, 0.29) is 11.2 Å². The highest BCUT2D eigenvalue weighted by Gasteiger charge is 2.45. The Morgan fingerprint density at radius 2 is 2.04 bits per heavy atom. The molecule has 2 saturated heterocycles. The van der Waals surface area contributed by atoms with Crippen LogP contribution in [0.1, 0.15) is 44.1 Å². The summed E-state index contributed by atoms with van der Waals surface area (Å²) in [6.45, 7) is 4.90. The molecule has 0 N–H and O–H groups in total. The van der Waals surface area contributed by atoms with E-state index >= 15 is 0 Å². The predicted octanol–water partition coefficient (Wildman–Crippen LogP) is 4.05. The Morgan fingerprint density at radius 3 is 2.85 bits per heavy atom. The largest absolute Gasteiger partial charge is 0.356 e. The van der Waals surface area contributed by atoms with Gasteiger partial charge in [-0.3, -0.25) is 4.79 Å². The summed E-state index contributed by atoms with van der Waals surface area (Å²) in [7, 11) is 0. The molecule has 27 heavy (non-hydrogen) atoms. The number of fused-ring (bicyclic) bond motifs is 1. The molecule has 3 aliphatic rings. The van der Waals surface area contributed by atoms with Crippen LogP contribution < -0.4 is 4.90 Å². The number of hydrogen-bond donors (Lipinski definition) is 0. The average Bonchev–Trinajstić information content (AvgIpc) is 3.50. The van der Waals surface area contributed by atoms with Crippen LogP contribution in [0.25, 0.3) is 10.9 Å². The molecule has 5 heteroatoms. The van der Waals surface area contributed by atoms with E-state index in [9.17, 15) is 9.18 Å². The number of carbonyl (C=O) groups is 1. The lowest BCUT2D eigenvalue weighted by Crippen LogP contribution is -2.54. The summed E-state index contributed by atoms with van der Waals surface area (Å²) in [6.07, 6.45) is 6.35. The zero-order chi connectivity index (χ0) is 18.6. The van der Waals surface area contributed by atoms with Crippen molar-refractivity contribution in [2.45, 2.75) is 51.5 Å². The van der Waals surface area contributed by atoms with Gasteiger partial charge in [0.2, 0.25) is 5.91 Å². The molecule has 1 aromatic heterocycles. The van der Waals surface area contributed by atoms with E-state index < -0.39 is 0 Å². The van der Waals surface area contributed by atoms with Gasteiger partial charge < -0.3 is 9.80 Å². The number of pyridine rings is 1. The topological polar surface area (TPSA) is 36.4 Å². The Kier molecular flexibility index (Phi) is 3.88. The molecule has 5 rings (SSSR count). The Labute approximate surface area is 159 Å². The zero-order valence-corrected chi connectivity index (χ0v) is 15.9. The van der Waals surface area contributed by atoms with Gasteiger partial charge in [-0.1, -0.05) is 0 Å². The van der Waals surface area contributed by atoms with Crippen LogP contribution in [0.15, 0.2) is 24.3 Å². The Morgan fingerprint density at radius 1 is 1.19 bits per heavy atom. The lowest BCUT2D eigenvalue weighted by molar-refractivity contribution is -0.138. The molecular formula is C22H26FN3O. The number of nitrogens with zero attached hydrogens (tertiary/aromatic N) is 3. The molecule has 3 fully saturated rings. The first-order chi connectivity index (χ1) is 13.0. The van der Waals surface area contributed by atoms with Crippen molar-refractivity contribution in [2.75, 3.05) is 24.5 Å². The second-order valence-corrected chi connectivity index (χ2v) is 8.74. The highest BCUT2D eigenvalue weighted by atomic mass is 19.1. The van der Waals surface area contributed by atoms with Crippen molar-refractivity contribution in [3.8, 4) is 0 Å². The van der Waals surface area contributed by atoms with E-state index in [2.05, 4.69) is 15.9 Å². The molecule has 2 aromatic rings. The lowest BCUT2D eigenvalue weighted by Gasteiger charge is -2.48. The van der Waals surface area contributed by atoms with Crippen molar-refractivity contribution >= 4 is 22.6 Å². The van der Waals surface area contributed by atoms with E-state index in [1.54, 1.807) is 12.1 Å². The minimum absolute atomic E-state index is 0.197. The molecule has 1 amide bonds. The van der Waals surface area contributed by atoms with E-state index in [1.165, 1.54) is 25.3 Å². The standard InChI is InChI=1S/C22H26FN3O/c1-15-11-20(24-19-6-3-16(23)12-18(15)19)25-10-2-8-22(13-25)9-7-21(27)26(14-22)17-4-5-17/h3,6,11-12,17H,2,4-5,7-10,13-14H2,1H3. The van der Waals surface area contributed by atoms with E-state index in [4.69, 9.17) is 4.98 Å². The Hall–Kier alpha value is -2.17. The first kappa shape index (κ1) is 17.0. The molecule has 2 aliphatic heterocycles. The number of halogens is 1. The first-order valence-corrected chi connectivity index (χ1v) is 10.1. The van der Waals surface area contributed by atoms with Crippen LogP contribution in [0.2, 0.25) is 0 Å². The van der Waals surface area contributed by atoms with Crippen LogP contribution in [0.3, 0.4) is 0 Å². The van der Waals surface area contributed by atoms with Crippen LogP contribution in [-0.4, -0.2) is 41.5 Å². The van der Waals surface area contributed by atoms with Gasteiger partial charge in [-0.2, -0.15) is 0 Å². The van der Waals surface area contributed by atoms with Crippen molar-refractivity contribution in [3.63, 3.8) is 0 Å². The summed E-state index contributed by atoms with van der Waals surface area (Å²) in [5, 5.41) is 0.883. The van der Waals surface area contributed by atoms with Gasteiger partial charge in [0.05, 0.1) is 5.52 Å². The van der Waals surface area contributed by atoms with E-state index in [0.29, 0.717) is 18.4 Å². The minimum atomic E-state index is -0.218. The van der Waals surface area contributed by atoms with Crippen LogP contribution in [-0.2, 0) is 4.79 Å². The smallest absolute Gasteiger partial charge is 0.222 e. The normalized spacial score (nSPS) is 26.2. The molecular weight excluding hydrogens is 341 g/mol. The third-order valence-electron chi connectivity index (χ3n) is 6.63. The number of hydrogen-bond acceptors (Lipinski definition) is 3. The fraction of sp³-hybridized carbons (Fsp3) is 0.545. The number of piperidine rings is 2. The lowest BCUT2D eigenvalue weighted by atomic mass is 9.73. The van der Waals surface area contributed by atoms with Gasteiger partial charge in [0.1, 0.15) is 11.6 Å². The maximum absolute atomic E-state index is 13.6. The molecule has 0 bridgehead atoms. The van der Waals surface area contributed by atoms with Crippen molar-refractivity contribution in [3.05, 3.63) is 35.6 Å². The summed E-state index contributed by atoms with van der Waals surface area (Å²) >= 11 is 0. The van der Waals surface area contributed by atoms with Gasteiger partial charge in [0, 0.05) is 42.9 Å². The van der Waals surface area contributed by atoms with Crippen LogP contribution in [0.5, 0.6) is 0 Å². The van der Waals surface area contributed by atoms with Gasteiger partial charge in [-0.25, -0.2) is 9.37 Å². The number of likely N-dealkylation sites (tertiary alicyclic amines) is 1. The second-order valence-electron chi connectivity index (χ2n) is 8.74. The van der Waals surface area contributed by atoms with Crippen molar-refractivity contribution in [2.24, 2.45) is 5.41 Å². The number of aromatic nitrogens is 1. The van der Waals surface area contributed by atoms with Gasteiger partial charge in [-0.05, 0) is 68.9 Å². The SMILES string of the molecule is Cc1cc(N2CCCC3(CCC(=O)N(C4CC4)C3)C2)nc2ccc(F)cc12. The van der Waals surface area contributed by atoms with Gasteiger partial charge in [0.15, 0.2) is 0 Å². The molecule has 1 atom stereocenters. The number of amides is 1. The molecule has 142 valence electrons.